The van der Waals surface area contributed by atoms with Crippen LogP contribution in [0.2, 0.25) is 0 Å². The Morgan fingerprint density at radius 2 is 1.79 bits per heavy atom. The first kappa shape index (κ1) is 14.2. The van der Waals surface area contributed by atoms with E-state index in [2.05, 4.69) is 19.2 Å². The predicted octanol–water partition coefficient (Wildman–Crippen LogP) is 2.80. The van der Waals surface area contributed by atoms with Crippen molar-refractivity contribution in [3.8, 4) is 0 Å². The summed E-state index contributed by atoms with van der Waals surface area (Å²) in [7, 11) is 0. The molecule has 0 saturated heterocycles. The van der Waals surface area contributed by atoms with Crippen LogP contribution >= 0.6 is 11.6 Å². The largest absolute Gasteiger partial charge is 0.377 e. The predicted molar refractivity (Wildman–Crippen MR) is 63.1 cm³/mol. The van der Waals surface area contributed by atoms with Crippen LogP contribution < -0.4 is 5.32 Å². The molecule has 0 aromatic rings. The monoisotopic (exact) mass is 221 g/mol. The highest BCUT2D eigenvalue weighted by Crippen LogP contribution is 1.99. The number of nitrogens with one attached hydrogen (secondary N) is 1. The van der Waals surface area contributed by atoms with Crippen LogP contribution in [0.15, 0.2) is 0 Å². The topological polar surface area (TPSA) is 21.3 Å². The van der Waals surface area contributed by atoms with E-state index in [0.717, 1.165) is 32.0 Å². The molecule has 0 rings (SSSR count). The van der Waals surface area contributed by atoms with Crippen molar-refractivity contribution in [2.45, 2.75) is 45.6 Å². The van der Waals surface area contributed by atoms with Crippen molar-refractivity contribution < 1.29 is 4.74 Å². The molecule has 3 heteroatoms. The maximum absolute atomic E-state index is 5.58. The van der Waals surface area contributed by atoms with Crippen molar-refractivity contribution in [1.82, 2.24) is 5.32 Å². The van der Waals surface area contributed by atoms with Gasteiger partial charge in [-0.25, -0.2) is 0 Å². The van der Waals surface area contributed by atoms with Gasteiger partial charge in [-0.1, -0.05) is 12.8 Å². The Balaban J connectivity index is 2.85. The van der Waals surface area contributed by atoms with Crippen LogP contribution in [0.5, 0.6) is 0 Å². The van der Waals surface area contributed by atoms with E-state index in [0.29, 0.717) is 6.10 Å². The summed E-state index contributed by atoms with van der Waals surface area (Å²) in [5.41, 5.74) is 0. The van der Waals surface area contributed by atoms with Crippen LogP contribution in [0.4, 0.5) is 0 Å². The summed E-state index contributed by atoms with van der Waals surface area (Å²) in [6.07, 6.45) is 5.29. The molecule has 0 aliphatic carbocycles. The Morgan fingerprint density at radius 3 is 2.43 bits per heavy atom. The first-order valence-corrected chi connectivity index (χ1v) is 6.19. The van der Waals surface area contributed by atoms with Crippen LogP contribution in [0.25, 0.3) is 0 Å². The molecule has 0 aromatic heterocycles. The van der Waals surface area contributed by atoms with E-state index < -0.39 is 0 Å². The van der Waals surface area contributed by atoms with Gasteiger partial charge in [-0.3, -0.25) is 0 Å². The molecular formula is C11H24ClNO. The fourth-order valence-corrected chi connectivity index (χ4v) is 1.38. The average Bonchev–Trinajstić information content (AvgIpc) is 2.15. The van der Waals surface area contributed by atoms with Crippen LogP contribution in [0.3, 0.4) is 0 Å². The number of hydrogen-bond donors (Lipinski definition) is 1. The average molecular weight is 222 g/mol. The second kappa shape index (κ2) is 11.3. The molecule has 0 radical (unpaired) electrons. The van der Waals surface area contributed by atoms with Gasteiger partial charge >= 0.3 is 0 Å². The summed E-state index contributed by atoms with van der Waals surface area (Å²) in [6.45, 7) is 7.01. The fourth-order valence-electron chi connectivity index (χ4n) is 1.19. The van der Waals surface area contributed by atoms with E-state index in [-0.39, 0.29) is 0 Å². The van der Waals surface area contributed by atoms with Crippen molar-refractivity contribution in [3.63, 3.8) is 0 Å². The Bertz CT molecular complexity index is 109. The van der Waals surface area contributed by atoms with Gasteiger partial charge in [0.05, 0.1) is 12.7 Å². The van der Waals surface area contributed by atoms with E-state index in [1.165, 1.54) is 19.3 Å². The Morgan fingerprint density at radius 1 is 1.07 bits per heavy atom. The Kier molecular flexibility index (Phi) is 11.5. The van der Waals surface area contributed by atoms with Crippen molar-refractivity contribution in [1.29, 1.82) is 0 Å². The standard InChI is InChI=1S/C11H24ClNO/c1-11(2)14-10-9-13-8-6-4-3-5-7-12/h11,13H,3-10H2,1-2H3. The Hall–Kier alpha value is 0.210. The highest BCUT2D eigenvalue weighted by atomic mass is 35.5. The molecule has 0 bridgehead atoms. The molecule has 0 spiro atoms. The van der Waals surface area contributed by atoms with Gasteiger partial charge in [0.25, 0.3) is 0 Å². The highest BCUT2D eigenvalue weighted by molar-refractivity contribution is 6.17. The summed E-state index contributed by atoms with van der Waals surface area (Å²) in [5, 5.41) is 3.36. The molecule has 0 saturated carbocycles. The zero-order chi connectivity index (χ0) is 10.6. The molecule has 0 unspecified atom stereocenters. The van der Waals surface area contributed by atoms with Crippen LogP contribution in [0.1, 0.15) is 39.5 Å². The lowest BCUT2D eigenvalue weighted by molar-refractivity contribution is 0.0809. The van der Waals surface area contributed by atoms with E-state index in [1.54, 1.807) is 0 Å². The van der Waals surface area contributed by atoms with E-state index in [4.69, 9.17) is 16.3 Å². The molecule has 0 atom stereocenters. The van der Waals surface area contributed by atoms with Crippen molar-refractivity contribution in [2.75, 3.05) is 25.6 Å². The summed E-state index contributed by atoms with van der Waals surface area (Å²) in [5.74, 6) is 0.801. The minimum atomic E-state index is 0.348. The van der Waals surface area contributed by atoms with E-state index >= 15 is 0 Å². The number of unbranched alkanes of at least 4 members (excludes halogenated alkanes) is 3. The normalized spacial score (nSPS) is 11.1. The minimum Gasteiger partial charge on any atom is -0.377 e. The fraction of sp³-hybridized carbons (Fsp3) is 1.00. The minimum absolute atomic E-state index is 0.348. The van der Waals surface area contributed by atoms with Gasteiger partial charge in [-0.05, 0) is 33.2 Å². The summed E-state index contributed by atoms with van der Waals surface area (Å²) < 4.78 is 5.41. The smallest absolute Gasteiger partial charge is 0.0594 e. The molecule has 0 fully saturated rings. The summed E-state index contributed by atoms with van der Waals surface area (Å²) >= 11 is 5.58. The number of halogens is 1. The highest BCUT2D eigenvalue weighted by Gasteiger charge is 1.92. The van der Waals surface area contributed by atoms with Gasteiger partial charge in [0.1, 0.15) is 0 Å². The van der Waals surface area contributed by atoms with Crippen molar-refractivity contribution in [2.24, 2.45) is 0 Å². The number of hydrogen-bond acceptors (Lipinski definition) is 2. The number of ether oxygens (including phenoxy) is 1. The van der Waals surface area contributed by atoms with Gasteiger partial charge in [0, 0.05) is 12.4 Å². The zero-order valence-electron chi connectivity index (χ0n) is 9.52. The van der Waals surface area contributed by atoms with Crippen LogP contribution in [-0.2, 0) is 4.74 Å². The Labute approximate surface area is 93.4 Å². The van der Waals surface area contributed by atoms with Gasteiger partial charge in [-0.15, -0.1) is 11.6 Å². The maximum Gasteiger partial charge on any atom is 0.0594 e. The second-order valence-corrected chi connectivity index (χ2v) is 4.15. The quantitative estimate of drug-likeness (QED) is 0.453. The first-order chi connectivity index (χ1) is 6.77. The molecule has 0 amide bonds. The third kappa shape index (κ3) is 12.2. The lowest BCUT2D eigenvalue weighted by Crippen LogP contribution is -2.22. The van der Waals surface area contributed by atoms with Crippen molar-refractivity contribution >= 4 is 11.6 Å². The van der Waals surface area contributed by atoms with Crippen LogP contribution in [0, 0.1) is 0 Å². The maximum atomic E-state index is 5.58. The van der Waals surface area contributed by atoms with Gasteiger partial charge in [0.15, 0.2) is 0 Å². The molecule has 0 heterocycles. The third-order valence-corrected chi connectivity index (χ3v) is 2.23. The lowest BCUT2D eigenvalue weighted by atomic mass is 10.2. The van der Waals surface area contributed by atoms with Gasteiger partial charge in [-0.2, -0.15) is 0 Å². The first-order valence-electron chi connectivity index (χ1n) is 5.65. The molecule has 0 aliphatic heterocycles. The van der Waals surface area contributed by atoms with Gasteiger partial charge in [0.2, 0.25) is 0 Å². The molecular weight excluding hydrogens is 198 g/mol. The summed E-state index contributed by atoms with van der Waals surface area (Å²) in [6, 6.07) is 0. The van der Waals surface area contributed by atoms with E-state index in [9.17, 15) is 0 Å². The number of alkyl halides is 1. The molecule has 1 N–H and O–H groups in total. The van der Waals surface area contributed by atoms with Crippen LogP contribution in [-0.4, -0.2) is 31.7 Å². The molecule has 14 heavy (non-hydrogen) atoms. The van der Waals surface area contributed by atoms with E-state index in [1.807, 2.05) is 0 Å². The zero-order valence-corrected chi connectivity index (χ0v) is 10.3. The number of rotatable bonds is 10. The SMILES string of the molecule is CC(C)OCCNCCCCCCCl. The summed E-state index contributed by atoms with van der Waals surface area (Å²) in [4.78, 5) is 0. The molecule has 0 aromatic carbocycles. The molecule has 86 valence electrons. The lowest BCUT2D eigenvalue weighted by Gasteiger charge is -2.08. The van der Waals surface area contributed by atoms with Gasteiger partial charge < -0.3 is 10.1 Å². The second-order valence-electron chi connectivity index (χ2n) is 3.77. The third-order valence-electron chi connectivity index (χ3n) is 1.97. The molecule has 2 nitrogen and oxygen atoms in total. The van der Waals surface area contributed by atoms with Crippen molar-refractivity contribution in [3.05, 3.63) is 0 Å². The molecule has 0 aliphatic rings.